The largest absolute Gasteiger partial charge is 0.459 e. The fourth-order valence-corrected chi connectivity index (χ4v) is 0.808. The minimum Gasteiger partial charge on any atom is -0.459 e. The van der Waals surface area contributed by atoms with Gasteiger partial charge in [-0.25, -0.2) is 9.78 Å². The Morgan fingerprint density at radius 1 is 1.69 bits per heavy atom. The number of ether oxygens (including phenoxy) is 1. The summed E-state index contributed by atoms with van der Waals surface area (Å²) in [6, 6.07) is 3.33. The zero-order valence-electron chi connectivity index (χ0n) is 6.87. The molecule has 0 unspecified atom stereocenters. The van der Waals surface area contributed by atoms with E-state index < -0.39 is 5.97 Å². The van der Waals surface area contributed by atoms with E-state index >= 15 is 0 Å². The number of nitrogens with zero attached hydrogens (tertiary/aromatic N) is 1. The number of methoxy groups -OCH3 is 1. The van der Waals surface area contributed by atoms with Gasteiger partial charge in [-0.3, -0.25) is 0 Å². The smallest absolute Gasteiger partial charge is 0.384 e. The molecule has 0 N–H and O–H groups in total. The van der Waals surface area contributed by atoms with Crippen LogP contribution in [0.3, 0.4) is 0 Å². The van der Waals surface area contributed by atoms with E-state index in [4.69, 9.17) is 11.6 Å². The van der Waals surface area contributed by atoms with E-state index in [1.165, 1.54) is 7.11 Å². The second-order valence-electron chi connectivity index (χ2n) is 2.08. The third kappa shape index (κ3) is 2.77. The van der Waals surface area contributed by atoms with Gasteiger partial charge in [0, 0.05) is 12.1 Å². The van der Waals surface area contributed by atoms with E-state index in [9.17, 15) is 4.79 Å². The summed E-state index contributed by atoms with van der Waals surface area (Å²) in [5.41, 5.74) is 0.370. The van der Waals surface area contributed by atoms with Gasteiger partial charge in [-0.15, -0.1) is 0 Å². The van der Waals surface area contributed by atoms with Gasteiger partial charge in [0.1, 0.15) is 5.69 Å². The zero-order valence-corrected chi connectivity index (χ0v) is 7.63. The van der Waals surface area contributed by atoms with Crippen molar-refractivity contribution in [1.29, 1.82) is 0 Å². The highest BCUT2D eigenvalue weighted by molar-refractivity contribution is 6.31. The molecule has 0 spiro atoms. The molecule has 1 aromatic heterocycles. The predicted octanol–water partition coefficient (Wildman–Crippen LogP) is 1.26. The molecule has 0 amide bonds. The van der Waals surface area contributed by atoms with Crippen molar-refractivity contribution in [1.82, 2.24) is 4.98 Å². The number of carbonyl (C=O) groups excluding carboxylic acids is 1. The first-order chi connectivity index (χ1) is 6.24. The van der Waals surface area contributed by atoms with Crippen LogP contribution in [0.25, 0.3) is 0 Å². The number of hydrogen-bond donors (Lipinski definition) is 0. The quantitative estimate of drug-likeness (QED) is 0.462. The Balaban J connectivity index is 2.89. The van der Waals surface area contributed by atoms with Crippen molar-refractivity contribution in [2.45, 2.75) is 0 Å². The maximum absolute atomic E-state index is 10.6. The summed E-state index contributed by atoms with van der Waals surface area (Å²) in [7, 11) is 1.26. The van der Waals surface area contributed by atoms with E-state index in [2.05, 4.69) is 21.6 Å². The topological polar surface area (TPSA) is 39.2 Å². The molecule has 0 aliphatic rings. The first kappa shape index (κ1) is 9.56. The summed E-state index contributed by atoms with van der Waals surface area (Å²) in [5.74, 6) is 4.12. The molecule has 66 valence electrons. The van der Waals surface area contributed by atoms with E-state index in [0.29, 0.717) is 10.7 Å². The number of aromatic nitrogens is 1. The van der Waals surface area contributed by atoms with Crippen LogP contribution in [0.15, 0.2) is 18.3 Å². The summed E-state index contributed by atoms with van der Waals surface area (Å²) in [4.78, 5) is 14.5. The second-order valence-corrected chi connectivity index (χ2v) is 2.48. The fraction of sp³-hybridized carbons (Fsp3) is 0.111. The number of pyridine rings is 1. The molecular weight excluding hydrogens is 190 g/mol. The summed E-state index contributed by atoms with van der Waals surface area (Å²) >= 11 is 5.73. The van der Waals surface area contributed by atoms with Gasteiger partial charge in [0.15, 0.2) is 0 Å². The first-order valence-corrected chi connectivity index (χ1v) is 3.82. The van der Waals surface area contributed by atoms with Crippen molar-refractivity contribution < 1.29 is 9.53 Å². The molecule has 0 aliphatic heterocycles. The third-order valence-electron chi connectivity index (χ3n) is 1.23. The minimum atomic E-state index is -0.610. The second kappa shape index (κ2) is 4.48. The summed E-state index contributed by atoms with van der Waals surface area (Å²) in [6.45, 7) is 0. The molecule has 0 bridgehead atoms. The van der Waals surface area contributed by atoms with Crippen molar-refractivity contribution in [3.05, 3.63) is 29.0 Å². The average Bonchev–Trinajstić information content (AvgIpc) is 2.16. The molecule has 0 saturated heterocycles. The molecule has 1 aromatic rings. The lowest BCUT2D eigenvalue weighted by Gasteiger charge is -1.91. The van der Waals surface area contributed by atoms with Crippen molar-refractivity contribution in [2.24, 2.45) is 0 Å². The molecule has 4 heteroatoms. The first-order valence-electron chi connectivity index (χ1n) is 3.44. The minimum absolute atomic E-state index is 0.370. The summed E-state index contributed by atoms with van der Waals surface area (Å²) in [5, 5.41) is 0.416. The highest BCUT2D eigenvalue weighted by Crippen LogP contribution is 2.09. The van der Waals surface area contributed by atoms with Gasteiger partial charge in [0.05, 0.1) is 12.1 Å². The van der Waals surface area contributed by atoms with Gasteiger partial charge < -0.3 is 4.74 Å². The van der Waals surface area contributed by atoms with Crippen LogP contribution < -0.4 is 0 Å². The molecule has 0 radical (unpaired) electrons. The number of carbonyl (C=O) groups is 1. The van der Waals surface area contributed by atoms with Crippen molar-refractivity contribution in [3.63, 3.8) is 0 Å². The molecular formula is C9H6ClNO2. The zero-order chi connectivity index (χ0) is 9.68. The van der Waals surface area contributed by atoms with E-state index in [-0.39, 0.29) is 0 Å². The molecule has 0 saturated carbocycles. The molecule has 3 nitrogen and oxygen atoms in total. The number of hydrogen-bond acceptors (Lipinski definition) is 3. The standard InChI is InChI=1S/C9H6ClNO2/c1-13-9(12)5-4-8-7(10)3-2-6-11-8/h2-3,6H,1H3. The monoisotopic (exact) mass is 195 g/mol. The summed E-state index contributed by atoms with van der Waals surface area (Å²) in [6.07, 6.45) is 1.55. The number of halogens is 1. The maximum Gasteiger partial charge on any atom is 0.384 e. The Morgan fingerprint density at radius 3 is 3.08 bits per heavy atom. The molecule has 0 atom stereocenters. The van der Waals surface area contributed by atoms with Crippen molar-refractivity contribution in [2.75, 3.05) is 7.11 Å². The van der Waals surface area contributed by atoms with Gasteiger partial charge in [0.25, 0.3) is 0 Å². The molecule has 0 aliphatic carbocycles. The number of rotatable bonds is 0. The highest BCUT2D eigenvalue weighted by Gasteiger charge is 1.96. The molecule has 0 aromatic carbocycles. The van der Waals surface area contributed by atoms with Crippen LogP contribution >= 0.6 is 11.6 Å². The molecule has 1 heterocycles. The third-order valence-corrected chi connectivity index (χ3v) is 1.53. The normalized spacial score (nSPS) is 8.46. The van der Waals surface area contributed by atoms with Gasteiger partial charge >= 0.3 is 5.97 Å². The average molecular weight is 196 g/mol. The maximum atomic E-state index is 10.6. The van der Waals surface area contributed by atoms with Crippen LogP contribution in [-0.4, -0.2) is 18.1 Å². The Morgan fingerprint density at radius 2 is 2.46 bits per heavy atom. The Bertz CT molecular complexity index is 379. The lowest BCUT2D eigenvalue weighted by atomic mass is 10.3. The SMILES string of the molecule is COC(=O)C#Cc1ncccc1Cl. The Hall–Kier alpha value is -1.53. The fourth-order valence-electron chi connectivity index (χ4n) is 0.639. The van der Waals surface area contributed by atoms with Crippen LogP contribution in [-0.2, 0) is 9.53 Å². The Labute approximate surface area is 80.7 Å². The van der Waals surface area contributed by atoms with E-state index in [1.54, 1.807) is 18.3 Å². The van der Waals surface area contributed by atoms with E-state index in [1.807, 2.05) is 0 Å². The molecule has 13 heavy (non-hydrogen) atoms. The van der Waals surface area contributed by atoms with Crippen molar-refractivity contribution >= 4 is 17.6 Å². The predicted molar refractivity (Wildman–Crippen MR) is 48.1 cm³/mol. The molecule has 1 rings (SSSR count). The van der Waals surface area contributed by atoms with Crippen LogP contribution in [0.4, 0.5) is 0 Å². The van der Waals surface area contributed by atoms with Gasteiger partial charge in [0.2, 0.25) is 0 Å². The van der Waals surface area contributed by atoms with Crippen LogP contribution in [0.1, 0.15) is 5.69 Å². The molecule has 0 fully saturated rings. The lowest BCUT2D eigenvalue weighted by Crippen LogP contribution is -1.95. The van der Waals surface area contributed by atoms with Gasteiger partial charge in [-0.2, -0.15) is 0 Å². The van der Waals surface area contributed by atoms with Crippen LogP contribution in [0, 0.1) is 11.8 Å². The highest BCUT2D eigenvalue weighted by atomic mass is 35.5. The Kier molecular flexibility index (Phi) is 3.30. The number of esters is 1. The van der Waals surface area contributed by atoms with Crippen LogP contribution in [0.5, 0.6) is 0 Å². The van der Waals surface area contributed by atoms with Gasteiger partial charge in [-0.1, -0.05) is 11.6 Å². The van der Waals surface area contributed by atoms with Crippen molar-refractivity contribution in [3.8, 4) is 11.8 Å². The lowest BCUT2D eigenvalue weighted by molar-refractivity contribution is -0.133. The van der Waals surface area contributed by atoms with Gasteiger partial charge in [-0.05, 0) is 18.1 Å². The van der Waals surface area contributed by atoms with E-state index in [0.717, 1.165) is 0 Å². The van der Waals surface area contributed by atoms with Crippen LogP contribution in [0.2, 0.25) is 5.02 Å². The summed E-state index contributed by atoms with van der Waals surface area (Å²) < 4.78 is 4.33.